The van der Waals surface area contributed by atoms with Crippen LogP contribution in [0.5, 0.6) is 0 Å². The zero-order valence-corrected chi connectivity index (χ0v) is 13.2. The highest BCUT2D eigenvalue weighted by molar-refractivity contribution is 5.71. The van der Waals surface area contributed by atoms with E-state index in [0.29, 0.717) is 6.04 Å². The van der Waals surface area contributed by atoms with E-state index in [1.54, 1.807) is 0 Å². The maximum Gasteiger partial charge on any atom is 0.308 e. The van der Waals surface area contributed by atoms with Gasteiger partial charge in [-0.1, -0.05) is 26.7 Å². The molecule has 3 heteroatoms. The van der Waals surface area contributed by atoms with Gasteiger partial charge in [0.15, 0.2) is 0 Å². The van der Waals surface area contributed by atoms with Crippen LogP contribution in [0.3, 0.4) is 0 Å². The topological polar surface area (TPSA) is 40.5 Å². The first kappa shape index (κ1) is 15.8. The maximum absolute atomic E-state index is 11.6. The summed E-state index contributed by atoms with van der Waals surface area (Å²) in [5.74, 6) is 0.900. The Balaban J connectivity index is 2.03. The van der Waals surface area contributed by atoms with Crippen LogP contribution >= 0.6 is 0 Å². The van der Waals surface area contributed by atoms with Crippen LogP contribution in [-0.2, 0) is 4.79 Å². The van der Waals surface area contributed by atoms with Gasteiger partial charge in [-0.3, -0.25) is 9.69 Å². The molecule has 0 bridgehead atoms. The summed E-state index contributed by atoms with van der Waals surface area (Å²) in [6.45, 7) is 6.67. The van der Waals surface area contributed by atoms with E-state index >= 15 is 0 Å². The summed E-state index contributed by atoms with van der Waals surface area (Å²) >= 11 is 0. The summed E-state index contributed by atoms with van der Waals surface area (Å²) in [4.78, 5) is 14.1. The Bertz CT molecular complexity index is 314. The van der Waals surface area contributed by atoms with Gasteiger partial charge >= 0.3 is 5.97 Å². The SMILES string of the molecule is CCCC1CCC(C(=O)O)C(N(CCC)CC2CC2)C1. The molecule has 0 amide bonds. The standard InChI is InChI=1S/C17H31NO2/c1-3-5-13-8-9-15(17(19)20)16(11-13)18(10-4-2)12-14-6-7-14/h13-16H,3-12H2,1-2H3,(H,19,20). The van der Waals surface area contributed by atoms with Crippen molar-refractivity contribution in [3.05, 3.63) is 0 Å². The Kier molecular flexibility index (Phi) is 5.88. The fourth-order valence-corrected chi connectivity index (χ4v) is 3.91. The quantitative estimate of drug-likeness (QED) is 0.736. The van der Waals surface area contributed by atoms with E-state index < -0.39 is 5.97 Å². The summed E-state index contributed by atoms with van der Waals surface area (Å²) in [6.07, 6.45) is 9.44. The molecular formula is C17H31NO2. The number of nitrogens with zero attached hydrogens (tertiary/aromatic N) is 1. The number of carbonyl (C=O) groups is 1. The second kappa shape index (κ2) is 7.44. The van der Waals surface area contributed by atoms with Crippen molar-refractivity contribution in [3.8, 4) is 0 Å². The van der Waals surface area contributed by atoms with Crippen molar-refractivity contribution in [2.45, 2.75) is 71.3 Å². The summed E-state index contributed by atoms with van der Waals surface area (Å²) < 4.78 is 0. The van der Waals surface area contributed by atoms with Crippen molar-refractivity contribution in [1.29, 1.82) is 0 Å². The lowest BCUT2D eigenvalue weighted by Gasteiger charge is -2.41. The lowest BCUT2D eigenvalue weighted by molar-refractivity contribution is -0.146. The minimum absolute atomic E-state index is 0.131. The Morgan fingerprint density at radius 1 is 1.10 bits per heavy atom. The first-order chi connectivity index (χ1) is 9.65. The molecule has 0 aromatic heterocycles. The Morgan fingerprint density at radius 3 is 2.35 bits per heavy atom. The molecule has 3 atom stereocenters. The van der Waals surface area contributed by atoms with Crippen molar-refractivity contribution >= 4 is 5.97 Å². The zero-order valence-electron chi connectivity index (χ0n) is 13.2. The first-order valence-corrected chi connectivity index (χ1v) is 8.62. The van der Waals surface area contributed by atoms with Crippen molar-refractivity contribution in [2.24, 2.45) is 17.8 Å². The second-order valence-corrected chi connectivity index (χ2v) is 6.92. The van der Waals surface area contributed by atoms with Crippen molar-refractivity contribution < 1.29 is 9.90 Å². The zero-order chi connectivity index (χ0) is 14.5. The van der Waals surface area contributed by atoms with Gasteiger partial charge in [-0.2, -0.15) is 0 Å². The van der Waals surface area contributed by atoms with Gasteiger partial charge in [0.25, 0.3) is 0 Å². The third-order valence-electron chi connectivity index (χ3n) is 5.11. The van der Waals surface area contributed by atoms with E-state index in [4.69, 9.17) is 0 Å². The first-order valence-electron chi connectivity index (χ1n) is 8.62. The van der Waals surface area contributed by atoms with Crippen LogP contribution in [0, 0.1) is 17.8 Å². The van der Waals surface area contributed by atoms with Gasteiger partial charge in [0.1, 0.15) is 0 Å². The average molecular weight is 281 g/mol. The van der Waals surface area contributed by atoms with Gasteiger partial charge in [0.2, 0.25) is 0 Å². The van der Waals surface area contributed by atoms with Crippen LogP contribution in [0.4, 0.5) is 0 Å². The Morgan fingerprint density at radius 2 is 1.80 bits per heavy atom. The molecule has 0 aromatic rings. The highest BCUT2D eigenvalue weighted by Gasteiger charge is 2.39. The van der Waals surface area contributed by atoms with E-state index in [0.717, 1.165) is 50.6 Å². The molecular weight excluding hydrogens is 250 g/mol. The smallest absolute Gasteiger partial charge is 0.308 e. The van der Waals surface area contributed by atoms with E-state index in [1.165, 1.54) is 25.7 Å². The van der Waals surface area contributed by atoms with Gasteiger partial charge in [0.05, 0.1) is 5.92 Å². The van der Waals surface area contributed by atoms with Gasteiger partial charge < -0.3 is 5.11 Å². The van der Waals surface area contributed by atoms with E-state index in [9.17, 15) is 9.90 Å². The highest BCUT2D eigenvalue weighted by atomic mass is 16.4. The molecule has 2 aliphatic rings. The number of carboxylic acids is 1. The summed E-state index contributed by atoms with van der Waals surface area (Å²) in [5, 5.41) is 9.57. The van der Waals surface area contributed by atoms with Crippen LogP contribution in [0.15, 0.2) is 0 Å². The van der Waals surface area contributed by atoms with Crippen LogP contribution in [-0.4, -0.2) is 35.1 Å². The number of hydrogen-bond donors (Lipinski definition) is 1. The molecule has 0 heterocycles. The van der Waals surface area contributed by atoms with Crippen LogP contribution in [0.25, 0.3) is 0 Å². The molecule has 20 heavy (non-hydrogen) atoms. The molecule has 1 N–H and O–H groups in total. The number of carboxylic acid groups (broad SMARTS) is 1. The van der Waals surface area contributed by atoms with E-state index in [1.807, 2.05) is 0 Å². The van der Waals surface area contributed by atoms with Crippen molar-refractivity contribution in [1.82, 2.24) is 4.90 Å². The molecule has 2 fully saturated rings. The molecule has 0 saturated heterocycles. The lowest BCUT2D eigenvalue weighted by Crippen LogP contribution is -2.48. The van der Waals surface area contributed by atoms with E-state index in [2.05, 4.69) is 18.7 Å². The molecule has 2 rings (SSSR count). The molecule has 3 unspecified atom stereocenters. The Labute approximate surface area is 123 Å². The largest absolute Gasteiger partial charge is 0.481 e. The lowest BCUT2D eigenvalue weighted by atomic mass is 9.75. The summed E-state index contributed by atoms with van der Waals surface area (Å²) in [7, 11) is 0. The normalized spacial score (nSPS) is 30.6. The molecule has 2 saturated carbocycles. The number of aliphatic carboxylic acids is 1. The van der Waals surface area contributed by atoms with Gasteiger partial charge in [-0.15, -0.1) is 0 Å². The van der Waals surface area contributed by atoms with Crippen molar-refractivity contribution in [3.63, 3.8) is 0 Å². The fourth-order valence-electron chi connectivity index (χ4n) is 3.91. The average Bonchev–Trinajstić information content (AvgIpc) is 3.22. The van der Waals surface area contributed by atoms with Gasteiger partial charge in [0, 0.05) is 12.6 Å². The number of rotatable bonds is 8. The third-order valence-corrected chi connectivity index (χ3v) is 5.11. The molecule has 0 spiro atoms. The fraction of sp³-hybridized carbons (Fsp3) is 0.941. The van der Waals surface area contributed by atoms with Gasteiger partial charge in [-0.25, -0.2) is 0 Å². The summed E-state index contributed by atoms with van der Waals surface area (Å²) in [6, 6.07) is 0.290. The highest BCUT2D eigenvalue weighted by Crippen LogP contribution is 2.37. The second-order valence-electron chi connectivity index (χ2n) is 6.92. The molecule has 116 valence electrons. The molecule has 0 aromatic carbocycles. The van der Waals surface area contributed by atoms with Crippen molar-refractivity contribution in [2.75, 3.05) is 13.1 Å². The third kappa shape index (κ3) is 4.21. The molecule has 3 nitrogen and oxygen atoms in total. The molecule has 2 aliphatic carbocycles. The minimum atomic E-state index is -0.568. The molecule has 0 radical (unpaired) electrons. The summed E-state index contributed by atoms with van der Waals surface area (Å²) in [5.41, 5.74) is 0. The Hall–Kier alpha value is -0.570. The van der Waals surface area contributed by atoms with Gasteiger partial charge in [-0.05, 0) is 56.9 Å². The predicted molar refractivity (Wildman–Crippen MR) is 81.8 cm³/mol. The predicted octanol–water partition coefficient (Wildman–Crippen LogP) is 3.78. The van der Waals surface area contributed by atoms with E-state index in [-0.39, 0.29) is 5.92 Å². The monoisotopic (exact) mass is 281 g/mol. The van der Waals surface area contributed by atoms with Crippen LogP contribution in [0.2, 0.25) is 0 Å². The van der Waals surface area contributed by atoms with Crippen LogP contribution < -0.4 is 0 Å². The minimum Gasteiger partial charge on any atom is -0.481 e. The maximum atomic E-state index is 11.6. The molecule has 0 aliphatic heterocycles. The van der Waals surface area contributed by atoms with Crippen LogP contribution in [0.1, 0.15) is 65.2 Å². The number of hydrogen-bond acceptors (Lipinski definition) is 2.